The average Bonchev–Trinajstić information content (AvgIpc) is 2.18. The first kappa shape index (κ1) is 8.45. The maximum atomic E-state index is 11.5. The van der Waals surface area contributed by atoms with Crippen molar-refractivity contribution >= 4 is 5.78 Å². The number of aryl methyl sites for hydroxylation is 1. The highest BCUT2D eigenvalue weighted by molar-refractivity contribution is 5.87. The van der Waals surface area contributed by atoms with Gasteiger partial charge in [-0.05, 0) is 24.6 Å². The van der Waals surface area contributed by atoms with Gasteiger partial charge in [-0.25, -0.2) is 0 Å². The van der Waals surface area contributed by atoms with Crippen molar-refractivity contribution in [3.63, 3.8) is 0 Å². The topological polar surface area (TPSA) is 29.1 Å². The zero-order chi connectivity index (χ0) is 9.26. The van der Waals surface area contributed by atoms with Gasteiger partial charge in [0.05, 0.1) is 6.04 Å². The number of rotatable bonds is 1. The van der Waals surface area contributed by atoms with Crippen LogP contribution in [0.2, 0.25) is 0 Å². The van der Waals surface area contributed by atoms with Gasteiger partial charge in [-0.2, -0.15) is 0 Å². The van der Waals surface area contributed by atoms with E-state index in [2.05, 4.69) is 11.4 Å². The summed E-state index contributed by atoms with van der Waals surface area (Å²) >= 11 is 0. The highest BCUT2D eigenvalue weighted by atomic mass is 16.1. The molecule has 0 bridgehead atoms. The molecule has 0 saturated heterocycles. The molecule has 0 fully saturated rings. The largest absolute Gasteiger partial charge is 0.307 e. The Morgan fingerprint density at radius 1 is 1.31 bits per heavy atom. The summed E-state index contributed by atoms with van der Waals surface area (Å²) in [5.41, 5.74) is 2.46. The van der Waals surface area contributed by atoms with Gasteiger partial charge in [0.15, 0.2) is 5.78 Å². The average molecular weight is 175 g/mol. The van der Waals surface area contributed by atoms with E-state index in [1.807, 2.05) is 25.2 Å². The van der Waals surface area contributed by atoms with E-state index < -0.39 is 0 Å². The molecular weight excluding hydrogens is 162 g/mol. The summed E-state index contributed by atoms with van der Waals surface area (Å²) in [7, 11) is 1.84. The lowest BCUT2D eigenvalue weighted by molar-refractivity contribution is -0.121. The van der Waals surface area contributed by atoms with Crippen LogP contribution in [0.25, 0.3) is 0 Å². The first-order valence-corrected chi connectivity index (χ1v) is 4.60. The molecule has 0 aromatic heterocycles. The van der Waals surface area contributed by atoms with Crippen LogP contribution >= 0.6 is 0 Å². The standard InChI is InChI=1S/C11H13NO/c1-12-11-9-5-3-2-4-8(9)6-7-10(11)13/h2-5,11-12H,6-7H2,1H3. The lowest BCUT2D eigenvalue weighted by atomic mass is 9.87. The van der Waals surface area contributed by atoms with Gasteiger partial charge in [-0.3, -0.25) is 4.79 Å². The van der Waals surface area contributed by atoms with Crippen LogP contribution in [0.1, 0.15) is 23.6 Å². The summed E-state index contributed by atoms with van der Waals surface area (Å²) in [5, 5.41) is 3.06. The summed E-state index contributed by atoms with van der Waals surface area (Å²) in [6.45, 7) is 0. The molecule has 1 aromatic carbocycles. The molecule has 1 aromatic rings. The van der Waals surface area contributed by atoms with E-state index in [0.717, 1.165) is 12.0 Å². The Balaban J connectivity index is 2.45. The Morgan fingerprint density at radius 3 is 2.85 bits per heavy atom. The third-order valence-corrected chi connectivity index (χ3v) is 2.62. The Kier molecular flexibility index (Phi) is 2.15. The zero-order valence-corrected chi connectivity index (χ0v) is 7.71. The van der Waals surface area contributed by atoms with Crippen molar-refractivity contribution in [3.8, 4) is 0 Å². The van der Waals surface area contributed by atoms with E-state index in [0.29, 0.717) is 12.2 Å². The molecule has 1 aliphatic rings. The maximum Gasteiger partial charge on any atom is 0.154 e. The van der Waals surface area contributed by atoms with Crippen molar-refractivity contribution in [2.24, 2.45) is 0 Å². The molecule has 1 unspecified atom stereocenters. The molecule has 1 atom stereocenters. The van der Waals surface area contributed by atoms with Crippen LogP contribution in [-0.4, -0.2) is 12.8 Å². The van der Waals surface area contributed by atoms with Crippen molar-refractivity contribution in [2.45, 2.75) is 18.9 Å². The number of carbonyl (C=O) groups excluding carboxylic acids is 1. The van der Waals surface area contributed by atoms with Gasteiger partial charge >= 0.3 is 0 Å². The van der Waals surface area contributed by atoms with Crippen LogP contribution in [0.5, 0.6) is 0 Å². The smallest absolute Gasteiger partial charge is 0.154 e. The number of likely N-dealkylation sites (N-methyl/N-ethyl adjacent to an activating group) is 1. The molecule has 1 N–H and O–H groups in total. The number of benzene rings is 1. The molecule has 2 nitrogen and oxygen atoms in total. The van der Waals surface area contributed by atoms with Crippen LogP contribution < -0.4 is 5.32 Å². The van der Waals surface area contributed by atoms with Crippen molar-refractivity contribution in [1.82, 2.24) is 5.32 Å². The van der Waals surface area contributed by atoms with Crippen LogP contribution in [0.15, 0.2) is 24.3 Å². The molecule has 13 heavy (non-hydrogen) atoms. The summed E-state index contributed by atoms with van der Waals surface area (Å²) in [5.74, 6) is 0.307. The Hall–Kier alpha value is -1.15. The summed E-state index contributed by atoms with van der Waals surface area (Å²) in [4.78, 5) is 11.5. The molecule has 1 aliphatic carbocycles. The monoisotopic (exact) mass is 175 g/mol. The van der Waals surface area contributed by atoms with E-state index in [1.165, 1.54) is 5.56 Å². The minimum atomic E-state index is -0.0788. The predicted molar refractivity (Wildman–Crippen MR) is 51.6 cm³/mol. The number of nitrogens with one attached hydrogen (secondary N) is 1. The quantitative estimate of drug-likeness (QED) is 0.700. The van der Waals surface area contributed by atoms with Crippen LogP contribution in [0.4, 0.5) is 0 Å². The number of carbonyl (C=O) groups is 1. The van der Waals surface area contributed by atoms with Crippen molar-refractivity contribution in [3.05, 3.63) is 35.4 Å². The van der Waals surface area contributed by atoms with Gasteiger partial charge < -0.3 is 5.32 Å². The third kappa shape index (κ3) is 1.38. The number of Topliss-reactive ketones (excluding diaryl/α,β-unsaturated/α-hetero) is 1. The minimum Gasteiger partial charge on any atom is -0.307 e. The van der Waals surface area contributed by atoms with Crippen LogP contribution in [-0.2, 0) is 11.2 Å². The molecule has 0 spiro atoms. The number of ketones is 1. The van der Waals surface area contributed by atoms with E-state index in [9.17, 15) is 4.79 Å². The molecule has 68 valence electrons. The fourth-order valence-electron chi connectivity index (χ4n) is 1.94. The Morgan fingerprint density at radius 2 is 2.08 bits per heavy atom. The highest BCUT2D eigenvalue weighted by Gasteiger charge is 2.25. The maximum absolute atomic E-state index is 11.5. The fraction of sp³-hybridized carbons (Fsp3) is 0.364. The predicted octanol–water partition coefficient (Wildman–Crippen LogP) is 1.46. The van der Waals surface area contributed by atoms with Crippen molar-refractivity contribution in [1.29, 1.82) is 0 Å². The Bertz CT molecular complexity index is 333. The highest BCUT2D eigenvalue weighted by Crippen LogP contribution is 2.26. The summed E-state index contributed by atoms with van der Waals surface area (Å²) < 4.78 is 0. The van der Waals surface area contributed by atoms with Crippen molar-refractivity contribution in [2.75, 3.05) is 7.05 Å². The normalized spacial score (nSPS) is 21.3. The second-order valence-corrected chi connectivity index (χ2v) is 3.39. The van der Waals surface area contributed by atoms with Gasteiger partial charge in [0, 0.05) is 6.42 Å². The second kappa shape index (κ2) is 3.30. The fourth-order valence-corrected chi connectivity index (χ4v) is 1.94. The van der Waals surface area contributed by atoms with E-state index in [1.54, 1.807) is 0 Å². The summed E-state index contributed by atoms with van der Waals surface area (Å²) in [6.07, 6.45) is 1.57. The molecule has 2 heteroatoms. The zero-order valence-electron chi connectivity index (χ0n) is 7.71. The molecule has 0 saturated carbocycles. The van der Waals surface area contributed by atoms with E-state index in [4.69, 9.17) is 0 Å². The summed E-state index contributed by atoms with van der Waals surface area (Å²) in [6, 6.07) is 8.08. The van der Waals surface area contributed by atoms with E-state index in [-0.39, 0.29) is 6.04 Å². The number of hydrogen-bond donors (Lipinski definition) is 1. The first-order chi connectivity index (χ1) is 6.33. The lowest BCUT2D eigenvalue weighted by Gasteiger charge is -2.23. The molecule has 0 heterocycles. The van der Waals surface area contributed by atoms with Gasteiger partial charge in [0.25, 0.3) is 0 Å². The first-order valence-electron chi connectivity index (χ1n) is 4.60. The lowest BCUT2D eigenvalue weighted by Crippen LogP contribution is -2.30. The molecule has 0 aliphatic heterocycles. The SMILES string of the molecule is CNC1C(=O)CCc2ccccc21. The number of hydrogen-bond acceptors (Lipinski definition) is 2. The van der Waals surface area contributed by atoms with Gasteiger partial charge in [0.1, 0.15) is 0 Å². The minimum absolute atomic E-state index is 0.0788. The number of fused-ring (bicyclic) bond motifs is 1. The van der Waals surface area contributed by atoms with Gasteiger partial charge in [-0.1, -0.05) is 24.3 Å². The van der Waals surface area contributed by atoms with Crippen LogP contribution in [0, 0.1) is 0 Å². The van der Waals surface area contributed by atoms with Gasteiger partial charge in [-0.15, -0.1) is 0 Å². The Labute approximate surface area is 78.0 Å². The molecule has 0 radical (unpaired) electrons. The molecule has 0 amide bonds. The third-order valence-electron chi connectivity index (χ3n) is 2.62. The van der Waals surface area contributed by atoms with Gasteiger partial charge in [0.2, 0.25) is 0 Å². The van der Waals surface area contributed by atoms with E-state index >= 15 is 0 Å². The van der Waals surface area contributed by atoms with Crippen LogP contribution in [0.3, 0.4) is 0 Å². The molecule has 2 rings (SSSR count). The van der Waals surface area contributed by atoms with Crippen molar-refractivity contribution < 1.29 is 4.79 Å². The second-order valence-electron chi connectivity index (χ2n) is 3.39. The molecular formula is C11H13NO.